The van der Waals surface area contributed by atoms with Crippen molar-refractivity contribution in [3.63, 3.8) is 0 Å². The number of fused-ring (bicyclic) bond motifs is 1. The lowest BCUT2D eigenvalue weighted by molar-refractivity contribution is -0.135. The van der Waals surface area contributed by atoms with Crippen molar-refractivity contribution in [3.05, 3.63) is 70.6 Å². The minimum absolute atomic E-state index is 0.202. The first-order valence-corrected chi connectivity index (χ1v) is 7.70. The molecule has 0 fully saturated rings. The summed E-state index contributed by atoms with van der Waals surface area (Å²) in [5.74, 6) is -0.433. The first-order chi connectivity index (χ1) is 12.0. The molecule has 2 aromatic carbocycles. The molecule has 25 heavy (non-hydrogen) atoms. The topological polar surface area (TPSA) is 80.0 Å². The van der Waals surface area contributed by atoms with Gasteiger partial charge >= 0.3 is 11.6 Å². The molecule has 0 saturated carbocycles. The number of likely N-dealkylation sites (N-methyl/N-ethyl adjacent to an activating group) is 1. The minimum atomic E-state index is -1.02. The highest BCUT2D eigenvalue weighted by Gasteiger charge is 2.13. The molecule has 0 saturated heterocycles. The quantitative estimate of drug-likeness (QED) is 0.696. The average Bonchev–Trinajstić information content (AvgIpc) is 2.59. The van der Waals surface area contributed by atoms with E-state index in [1.54, 1.807) is 24.3 Å². The van der Waals surface area contributed by atoms with Gasteiger partial charge in [-0.3, -0.25) is 4.79 Å². The molecule has 0 unspecified atom stereocenters. The van der Waals surface area contributed by atoms with E-state index in [0.717, 1.165) is 5.56 Å². The average molecular weight is 339 g/mol. The van der Waals surface area contributed by atoms with Crippen LogP contribution in [0.25, 0.3) is 11.0 Å². The highest BCUT2D eigenvalue weighted by molar-refractivity contribution is 5.82. The number of anilines is 1. The Balaban J connectivity index is 1.83. The number of carboxylic acids is 1. The molecule has 1 heterocycles. The zero-order valence-corrected chi connectivity index (χ0v) is 13.6. The molecule has 0 aliphatic heterocycles. The lowest BCUT2D eigenvalue weighted by Gasteiger charge is -2.15. The van der Waals surface area contributed by atoms with Crippen LogP contribution in [0.1, 0.15) is 5.56 Å². The Morgan fingerprint density at radius 1 is 1.16 bits per heavy atom. The Morgan fingerprint density at radius 3 is 2.64 bits per heavy atom. The number of benzene rings is 2. The fourth-order valence-corrected chi connectivity index (χ4v) is 2.47. The largest absolute Gasteiger partial charge is 0.489 e. The maximum atomic E-state index is 12.1. The van der Waals surface area contributed by atoms with E-state index >= 15 is 0 Å². The Hall–Kier alpha value is -3.28. The number of hydrogen-bond acceptors (Lipinski definition) is 5. The van der Waals surface area contributed by atoms with Crippen LogP contribution < -0.4 is 15.3 Å². The maximum absolute atomic E-state index is 12.1. The smallest absolute Gasteiger partial charge is 0.360 e. The van der Waals surface area contributed by atoms with Gasteiger partial charge in [0.2, 0.25) is 0 Å². The normalized spacial score (nSPS) is 10.6. The fourth-order valence-electron chi connectivity index (χ4n) is 2.47. The summed E-state index contributed by atoms with van der Waals surface area (Å²) >= 11 is 0. The van der Waals surface area contributed by atoms with Gasteiger partial charge in [-0.2, -0.15) is 0 Å². The van der Waals surface area contributed by atoms with Crippen LogP contribution in [0.5, 0.6) is 5.75 Å². The third-order valence-corrected chi connectivity index (χ3v) is 3.72. The third kappa shape index (κ3) is 3.98. The number of aliphatic carboxylic acids is 1. The maximum Gasteiger partial charge on any atom is 0.360 e. The van der Waals surface area contributed by atoms with E-state index in [1.165, 1.54) is 11.9 Å². The minimum Gasteiger partial charge on any atom is -0.489 e. The van der Waals surface area contributed by atoms with Crippen molar-refractivity contribution in [3.8, 4) is 5.75 Å². The van der Waals surface area contributed by atoms with Crippen LogP contribution >= 0.6 is 0 Å². The van der Waals surface area contributed by atoms with Crippen LogP contribution in [0, 0.1) is 0 Å². The van der Waals surface area contributed by atoms with Crippen molar-refractivity contribution in [1.29, 1.82) is 0 Å². The SMILES string of the molecule is CN(CC(=O)O)c1cc2ccc(OCc3ccccc3)cc2oc1=O. The molecule has 6 heteroatoms. The molecule has 0 bridgehead atoms. The van der Waals surface area contributed by atoms with Gasteiger partial charge in [-0.05, 0) is 23.8 Å². The van der Waals surface area contributed by atoms with Gasteiger partial charge in [-0.25, -0.2) is 4.79 Å². The van der Waals surface area contributed by atoms with Crippen LogP contribution in [-0.2, 0) is 11.4 Å². The van der Waals surface area contributed by atoms with E-state index in [-0.39, 0.29) is 12.2 Å². The molecular formula is C19H17NO5. The first-order valence-electron chi connectivity index (χ1n) is 7.70. The van der Waals surface area contributed by atoms with Crippen LogP contribution in [0.3, 0.4) is 0 Å². The summed E-state index contributed by atoms with van der Waals surface area (Å²) < 4.78 is 11.0. The van der Waals surface area contributed by atoms with E-state index in [1.807, 2.05) is 30.3 Å². The zero-order chi connectivity index (χ0) is 17.8. The van der Waals surface area contributed by atoms with E-state index in [4.69, 9.17) is 14.3 Å². The molecule has 0 amide bonds. The molecule has 0 radical (unpaired) electrons. The lowest BCUT2D eigenvalue weighted by Crippen LogP contribution is -2.29. The second kappa shape index (κ2) is 7.09. The fraction of sp³-hybridized carbons (Fsp3) is 0.158. The van der Waals surface area contributed by atoms with Gasteiger partial charge in [0, 0.05) is 18.5 Å². The van der Waals surface area contributed by atoms with E-state index < -0.39 is 11.6 Å². The summed E-state index contributed by atoms with van der Waals surface area (Å²) in [4.78, 5) is 24.2. The van der Waals surface area contributed by atoms with Gasteiger partial charge in [0.1, 0.15) is 30.2 Å². The molecule has 128 valence electrons. The Morgan fingerprint density at radius 2 is 1.92 bits per heavy atom. The number of carboxylic acid groups (broad SMARTS) is 1. The van der Waals surface area contributed by atoms with Gasteiger partial charge in [-0.1, -0.05) is 30.3 Å². The monoisotopic (exact) mass is 339 g/mol. The Bertz CT molecular complexity index is 949. The van der Waals surface area contributed by atoms with Gasteiger partial charge < -0.3 is 19.2 Å². The summed E-state index contributed by atoms with van der Waals surface area (Å²) in [5, 5.41) is 9.54. The van der Waals surface area contributed by atoms with Crippen molar-refractivity contribution in [2.75, 3.05) is 18.5 Å². The highest BCUT2D eigenvalue weighted by atomic mass is 16.5. The molecule has 0 spiro atoms. The summed E-state index contributed by atoms with van der Waals surface area (Å²) in [7, 11) is 1.53. The highest BCUT2D eigenvalue weighted by Crippen LogP contribution is 2.23. The number of rotatable bonds is 6. The van der Waals surface area contributed by atoms with Gasteiger partial charge in [0.15, 0.2) is 0 Å². The second-order valence-corrected chi connectivity index (χ2v) is 5.64. The number of hydrogen-bond donors (Lipinski definition) is 1. The summed E-state index contributed by atoms with van der Waals surface area (Å²) in [6, 6.07) is 16.6. The summed E-state index contributed by atoms with van der Waals surface area (Å²) in [6.45, 7) is 0.130. The predicted octanol–water partition coefficient (Wildman–Crippen LogP) is 2.89. The van der Waals surface area contributed by atoms with E-state index in [0.29, 0.717) is 23.3 Å². The van der Waals surface area contributed by atoms with Crippen molar-refractivity contribution in [2.24, 2.45) is 0 Å². The number of ether oxygens (including phenoxy) is 1. The molecule has 1 N–H and O–H groups in total. The molecule has 0 aliphatic carbocycles. The van der Waals surface area contributed by atoms with Crippen LogP contribution in [0.2, 0.25) is 0 Å². The molecular weight excluding hydrogens is 322 g/mol. The summed E-state index contributed by atoms with van der Waals surface area (Å²) in [6.07, 6.45) is 0. The van der Waals surface area contributed by atoms with Gasteiger partial charge in [-0.15, -0.1) is 0 Å². The standard InChI is InChI=1S/C19H17NO5/c1-20(11-18(21)22)16-9-14-7-8-15(10-17(14)25-19(16)23)24-12-13-5-3-2-4-6-13/h2-10H,11-12H2,1H3,(H,21,22). The van der Waals surface area contributed by atoms with E-state index in [9.17, 15) is 9.59 Å². The molecule has 3 rings (SSSR count). The Labute approximate surface area is 143 Å². The van der Waals surface area contributed by atoms with Crippen molar-refractivity contribution in [1.82, 2.24) is 0 Å². The van der Waals surface area contributed by atoms with Crippen molar-refractivity contribution >= 4 is 22.6 Å². The molecule has 0 aliphatic rings. The van der Waals surface area contributed by atoms with Crippen molar-refractivity contribution in [2.45, 2.75) is 6.61 Å². The van der Waals surface area contributed by atoms with Crippen molar-refractivity contribution < 1.29 is 19.1 Å². The second-order valence-electron chi connectivity index (χ2n) is 5.64. The number of nitrogens with zero attached hydrogens (tertiary/aromatic N) is 1. The zero-order valence-electron chi connectivity index (χ0n) is 13.6. The summed E-state index contributed by atoms with van der Waals surface area (Å²) in [5.41, 5.74) is 1.04. The van der Waals surface area contributed by atoms with Crippen LogP contribution in [0.4, 0.5) is 5.69 Å². The van der Waals surface area contributed by atoms with E-state index in [2.05, 4.69) is 0 Å². The first kappa shape index (κ1) is 16.6. The van der Waals surface area contributed by atoms with Gasteiger partial charge in [0.25, 0.3) is 0 Å². The third-order valence-electron chi connectivity index (χ3n) is 3.72. The molecule has 1 aromatic heterocycles. The molecule has 0 atom stereocenters. The lowest BCUT2D eigenvalue weighted by atomic mass is 10.2. The predicted molar refractivity (Wildman–Crippen MR) is 94.2 cm³/mol. The van der Waals surface area contributed by atoms with Crippen LogP contribution in [0.15, 0.2) is 63.8 Å². The van der Waals surface area contributed by atoms with Crippen LogP contribution in [-0.4, -0.2) is 24.7 Å². The van der Waals surface area contributed by atoms with Gasteiger partial charge in [0.05, 0.1) is 0 Å². The molecule has 6 nitrogen and oxygen atoms in total. The number of carbonyl (C=O) groups is 1. The molecule has 3 aromatic rings. The Kier molecular flexibility index (Phi) is 4.70.